The van der Waals surface area contributed by atoms with Gasteiger partial charge >= 0.3 is 0 Å². The van der Waals surface area contributed by atoms with E-state index < -0.39 is 5.82 Å². The van der Waals surface area contributed by atoms with Crippen molar-refractivity contribution in [3.8, 4) is 5.75 Å². The van der Waals surface area contributed by atoms with E-state index in [1.807, 2.05) is 30.3 Å². The van der Waals surface area contributed by atoms with Gasteiger partial charge in [0.25, 0.3) is 0 Å². The summed E-state index contributed by atoms with van der Waals surface area (Å²) in [4.78, 5) is 0. The lowest BCUT2D eigenvalue weighted by atomic mass is 9.98. The molecule has 1 atom stereocenters. The SMILES string of the molecule is CCCNC(c1ccc(OC)cc1)c1ccc(Cl)c(F)c1. The molecule has 0 aromatic heterocycles. The summed E-state index contributed by atoms with van der Waals surface area (Å²) in [6, 6.07) is 12.6. The third kappa shape index (κ3) is 3.96. The number of ether oxygens (including phenoxy) is 1. The molecule has 2 aromatic rings. The molecule has 2 rings (SSSR count). The maximum Gasteiger partial charge on any atom is 0.142 e. The molecular weight excluding hydrogens is 289 g/mol. The summed E-state index contributed by atoms with van der Waals surface area (Å²) in [7, 11) is 1.64. The van der Waals surface area contributed by atoms with Gasteiger partial charge in [-0.15, -0.1) is 0 Å². The Balaban J connectivity index is 2.33. The molecule has 4 heteroatoms. The van der Waals surface area contributed by atoms with Crippen LogP contribution in [-0.2, 0) is 0 Å². The molecule has 0 bridgehead atoms. The minimum Gasteiger partial charge on any atom is -0.497 e. The predicted molar refractivity (Wildman–Crippen MR) is 84.5 cm³/mol. The number of halogens is 2. The van der Waals surface area contributed by atoms with Crippen LogP contribution in [-0.4, -0.2) is 13.7 Å². The molecule has 0 radical (unpaired) electrons. The highest BCUT2D eigenvalue weighted by Gasteiger charge is 2.15. The first-order chi connectivity index (χ1) is 10.2. The van der Waals surface area contributed by atoms with Crippen LogP contribution in [0.5, 0.6) is 5.75 Å². The Kier molecular flexibility index (Phi) is 5.59. The van der Waals surface area contributed by atoms with Gasteiger partial charge in [0.1, 0.15) is 11.6 Å². The highest BCUT2D eigenvalue weighted by atomic mass is 35.5. The molecule has 0 amide bonds. The second-order valence-corrected chi connectivity index (χ2v) is 5.24. The fourth-order valence-electron chi connectivity index (χ4n) is 2.21. The van der Waals surface area contributed by atoms with E-state index in [2.05, 4.69) is 12.2 Å². The smallest absolute Gasteiger partial charge is 0.142 e. The van der Waals surface area contributed by atoms with Gasteiger partial charge in [0.05, 0.1) is 18.2 Å². The highest BCUT2D eigenvalue weighted by molar-refractivity contribution is 6.30. The zero-order valence-corrected chi connectivity index (χ0v) is 13.0. The third-order valence-corrected chi connectivity index (χ3v) is 3.63. The van der Waals surface area contributed by atoms with E-state index in [1.54, 1.807) is 13.2 Å². The maximum absolute atomic E-state index is 13.7. The van der Waals surface area contributed by atoms with Crippen molar-refractivity contribution in [2.24, 2.45) is 0 Å². The zero-order valence-electron chi connectivity index (χ0n) is 12.2. The zero-order chi connectivity index (χ0) is 15.2. The summed E-state index contributed by atoms with van der Waals surface area (Å²) >= 11 is 5.76. The van der Waals surface area contributed by atoms with Crippen LogP contribution in [0.3, 0.4) is 0 Å². The van der Waals surface area contributed by atoms with Gasteiger partial charge in [-0.3, -0.25) is 0 Å². The molecule has 0 saturated heterocycles. The Hall–Kier alpha value is -1.58. The van der Waals surface area contributed by atoms with Crippen LogP contribution in [0.25, 0.3) is 0 Å². The van der Waals surface area contributed by atoms with E-state index in [-0.39, 0.29) is 11.1 Å². The highest BCUT2D eigenvalue weighted by Crippen LogP contribution is 2.26. The second kappa shape index (κ2) is 7.43. The molecule has 0 fully saturated rings. The Morgan fingerprint density at radius 1 is 1.14 bits per heavy atom. The Morgan fingerprint density at radius 3 is 2.38 bits per heavy atom. The van der Waals surface area contributed by atoms with Crippen molar-refractivity contribution in [1.82, 2.24) is 5.32 Å². The predicted octanol–water partition coefficient (Wildman–Crippen LogP) is 4.58. The van der Waals surface area contributed by atoms with Crippen LogP contribution >= 0.6 is 11.6 Å². The fourth-order valence-corrected chi connectivity index (χ4v) is 2.32. The number of hydrogen-bond donors (Lipinski definition) is 1. The molecule has 21 heavy (non-hydrogen) atoms. The molecule has 1 N–H and O–H groups in total. The normalized spacial score (nSPS) is 12.2. The van der Waals surface area contributed by atoms with Crippen molar-refractivity contribution in [3.63, 3.8) is 0 Å². The van der Waals surface area contributed by atoms with Gasteiger partial charge in [-0.05, 0) is 48.4 Å². The molecular formula is C17H19ClFNO. The van der Waals surface area contributed by atoms with Crippen LogP contribution < -0.4 is 10.1 Å². The van der Waals surface area contributed by atoms with Crippen LogP contribution in [0, 0.1) is 5.82 Å². The summed E-state index contributed by atoms with van der Waals surface area (Å²) in [6.45, 7) is 2.95. The van der Waals surface area contributed by atoms with Crippen LogP contribution in [0.4, 0.5) is 4.39 Å². The van der Waals surface area contributed by atoms with Crippen molar-refractivity contribution in [2.45, 2.75) is 19.4 Å². The van der Waals surface area contributed by atoms with Gasteiger partial charge in [-0.2, -0.15) is 0 Å². The van der Waals surface area contributed by atoms with Crippen molar-refractivity contribution >= 4 is 11.6 Å². The van der Waals surface area contributed by atoms with E-state index in [0.29, 0.717) is 0 Å². The first kappa shape index (κ1) is 15.8. The fraction of sp³-hybridized carbons (Fsp3) is 0.294. The number of hydrogen-bond acceptors (Lipinski definition) is 2. The average molecular weight is 308 g/mol. The number of methoxy groups -OCH3 is 1. The lowest BCUT2D eigenvalue weighted by molar-refractivity contribution is 0.414. The summed E-state index contributed by atoms with van der Waals surface area (Å²) in [5.41, 5.74) is 1.92. The van der Waals surface area contributed by atoms with Gasteiger partial charge in [-0.25, -0.2) is 4.39 Å². The second-order valence-electron chi connectivity index (χ2n) is 4.83. The number of rotatable bonds is 6. The van der Waals surface area contributed by atoms with Crippen molar-refractivity contribution in [2.75, 3.05) is 13.7 Å². The molecule has 2 aromatic carbocycles. The van der Waals surface area contributed by atoms with E-state index >= 15 is 0 Å². The van der Waals surface area contributed by atoms with E-state index in [1.165, 1.54) is 6.07 Å². The number of nitrogens with one attached hydrogen (secondary N) is 1. The molecule has 0 saturated carbocycles. The van der Waals surface area contributed by atoms with E-state index in [4.69, 9.17) is 16.3 Å². The number of benzene rings is 2. The lowest BCUT2D eigenvalue weighted by Gasteiger charge is -2.20. The van der Waals surface area contributed by atoms with E-state index in [0.717, 1.165) is 29.8 Å². The Bertz CT molecular complexity index is 586. The molecule has 1 unspecified atom stereocenters. The average Bonchev–Trinajstić information content (AvgIpc) is 2.51. The monoisotopic (exact) mass is 307 g/mol. The van der Waals surface area contributed by atoms with Gasteiger partial charge < -0.3 is 10.1 Å². The molecule has 0 heterocycles. The molecule has 0 aliphatic rings. The summed E-state index contributed by atoms with van der Waals surface area (Å²) in [5.74, 6) is 0.404. The third-order valence-electron chi connectivity index (χ3n) is 3.32. The van der Waals surface area contributed by atoms with Crippen LogP contribution in [0.2, 0.25) is 5.02 Å². The van der Waals surface area contributed by atoms with E-state index in [9.17, 15) is 4.39 Å². The summed E-state index contributed by atoms with van der Waals surface area (Å²) in [6.07, 6.45) is 1.00. The van der Waals surface area contributed by atoms with Gasteiger partial charge in [0, 0.05) is 0 Å². The molecule has 0 aliphatic heterocycles. The topological polar surface area (TPSA) is 21.3 Å². The van der Waals surface area contributed by atoms with Gasteiger partial charge in [0.2, 0.25) is 0 Å². The molecule has 0 spiro atoms. The molecule has 0 aliphatic carbocycles. The quantitative estimate of drug-likeness (QED) is 0.843. The van der Waals surface area contributed by atoms with Crippen molar-refractivity contribution < 1.29 is 9.13 Å². The first-order valence-electron chi connectivity index (χ1n) is 6.98. The molecule has 112 valence electrons. The largest absolute Gasteiger partial charge is 0.497 e. The minimum absolute atomic E-state index is 0.0670. The standard InChI is InChI=1S/C17H19ClFNO/c1-3-10-20-17(12-4-7-14(21-2)8-5-12)13-6-9-15(18)16(19)11-13/h4-9,11,17,20H,3,10H2,1-2H3. The van der Waals surface area contributed by atoms with Crippen molar-refractivity contribution in [1.29, 1.82) is 0 Å². The van der Waals surface area contributed by atoms with Gasteiger partial charge in [0.15, 0.2) is 0 Å². The summed E-state index contributed by atoms with van der Waals surface area (Å²) in [5, 5.41) is 3.58. The van der Waals surface area contributed by atoms with Gasteiger partial charge in [-0.1, -0.05) is 36.7 Å². The first-order valence-corrected chi connectivity index (χ1v) is 7.35. The Morgan fingerprint density at radius 2 is 1.81 bits per heavy atom. The van der Waals surface area contributed by atoms with Crippen molar-refractivity contribution in [3.05, 3.63) is 64.4 Å². The molecule has 2 nitrogen and oxygen atoms in total. The Labute approximate surface area is 129 Å². The van der Waals surface area contributed by atoms with Crippen LogP contribution in [0.15, 0.2) is 42.5 Å². The maximum atomic E-state index is 13.7. The lowest BCUT2D eigenvalue weighted by Crippen LogP contribution is -2.23. The van der Waals surface area contributed by atoms with Crippen LogP contribution in [0.1, 0.15) is 30.5 Å². The minimum atomic E-state index is -0.397. The summed E-state index contributed by atoms with van der Waals surface area (Å²) < 4.78 is 18.9.